The Hall–Kier alpha value is -0.960. The van der Waals surface area contributed by atoms with Gasteiger partial charge in [-0.15, -0.1) is 0 Å². The molecular weight excluding hydrogens is 216 g/mol. The van der Waals surface area contributed by atoms with Crippen molar-refractivity contribution in [3.63, 3.8) is 0 Å². The predicted molar refractivity (Wildman–Crippen MR) is 52.0 cm³/mol. The highest BCUT2D eigenvalue weighted by atomic mass is 79.9. The first-order valence-corrected chi connectivity index (χ1v) is 4.44. The van der Waals surface area contributed by atoms with Gasteiger partial charge in [-0.05, 0) is 19.1 Å². The molecule has 1 aromatic heterocycles. The SMILES string of the molecule is Cc1ncc2c(Br)cccc2n1. The van der Waals surface area contributed by atoms with E-state index >= 15 is 0 Å². The van der Waals surface area contributed by atoms with Gasteiger partial charge in [-0.3, -0.25) is 0 Å². The molecule has 0 bridgehead atoms. The van der Waals surface area contributed by atoms with E-state index < -0.39 is 0 Å². The van der Waals surface area contributed by atoms with Gasteiger partial charge >= 0.3 is 0 Å². The fraction of sp³-hybridized carbons (Fsp3) is 0.111. The van der Waals surface area contributed by atoms with Crippen LogP contribution in [0.15, 0.2) is 28.9 Å². The molecule has 3 heteroatoms. The zero-order valence-electron chi connectivity index (χ0n) is 6.58. The Kier molecular flexibility index (Phi) is 1.81. The van der Waals surface area contributed by atoms with Crippen molar-refractivity contribution < 1.29 is 0 Å². The first kappa shape index (κ1) is 7.68. The summed E-state index contributed by atoms with van der Waals surface area (Å²) in [6.07, 6.45) is 1.84. The summed E-state index contributed by atoms with van der Waals surface area (Å²) in [5.41, 5.74) is 0.983. The average Bonchev–Trinajstić information content (AvgIpc) is 2.04. The third kappa shape index (κ3) is 1.20. The van der Waals surface area contributed by atoms with Crippen LogP contribution in [0.1, 0.15) is 5.82 Å². The minimum atomic E-state index is 0.806. The second-order valence-electron chi connectivity index (χ2n) is 2.59. The Labute approximate surface area is 78.8 Å². The number of nitrogens with zero attached hydrogens (tertiary/aromatic N) is 2. The van der Waals surface area contributed by atoms with Gasteiger partial charge in [0.25, 0.3) is 0 Å². The molecule has 0 atom stereocenters. The number of fused-ring (bicyclic) bond motifs is 1. The molecule has 1 heterocycles. The molecule has 12 heavy (non-hydrogen) atoms. The first-order chi connectivity index (χ1) is 5.77. The van der Waals surface area contributed by atoms with Gasteiger partial charge < -0.3 is 0 Å². The Bertz CT molecular complexity index is 426. The molecule has 0 N–H and O–H groups in total. The van der Waals surface area contributed by atoms with Gasteiger partial charge in [-0.2, -0.15) is 0 Å². The second kappa shape index (κ2) is 2.83. The minimum absolute atomic E-state index is 0.806. The standard InChI is InChI=1S/C9H7BrN2/c1-6-11-5-7-8(10)3-2-4-9(7)12-6/h2-5H,1H3. The average molecular weight is 223 g/mol. The van der Waals surface area contributed by atoms with E-state index in [1.54, 1.807) is 0 Å². The van der Waals surface area contributed by atoms with E-state index in [4.69, 9.17) is 0 Å². The van der Waals surface area contributed by atoms with Crippen molar-refractivity contribution in [3.8, 4) is 0 Å². The van der Waals surface area contributed by atoms with E-state index in [0.717, 1.165) is 21.2 Å². The smallest absolute Gasteiger partial charge is 0.125 e. The van der Waals surface area contributed by atoms with E-state index in [1.807, 2.05) is 31.3 Å². The van der Waals surface area contributed by atoms with Crippen LogP contribution in [0, 0.1) is 6.92 Å². The van der Waals surface area contributed by atoms with Crippen LogP contribution in [-0.2, 0) is 0 Å². The summed E-state index contributed by atoms with van der Waals surface area (Å²) in [7, 11) is 0. The van der Waals surface area contributed by atoms with Crippen LogP contribution in [0.3, 0.4) is 0 Å². The van der Waals surface area contributed by atoms with Gasteiger partial charge in [0.2, 0.25) is 0 Å². The van der Waals surface area contributed by atoms with Gasteiger partial charge in [-0.25, -0.2) is 9.97 Å². The van der Waals surface area contributed by atoms with Crippen LogP contribution >= 0.6 is 15.9 Å². The molecule has 0 fully saturated rings. The third-order valence-electron chi connectivity index (χ3n) is 1.69. The normalized spacial score (nSPS) is 10.5. The van der Waals surface area contributed by atoms with Gasteiger partial charge in [0, 0.05) is 16.1 Å². The van der Waals surface area contributed by atoms with Crippen LogP contribution in [0.25, 0.3) is 10.9 Å². The summed E-state index contributed by atoms with van der Waals surface area (Å²) in [5, 5.41) is 1.06. The molecule has 0 aliphatic heterocycles. The maximum Gasteiger partial charge on any atom is 0.125 e. The van der Waals surface area contributed by atoms with Gasteiger partial charge in [0.15, 0.2) is 0 Å². The van der Waals surface area contributed by atoms with Gasteiger partial charge in [0.05, 0.1) is 5.52 Å². The van der Waals surface area contributed by atoms with E-state index in [-0.39, 0.29) is 0 Å². The highest BCUT2D eigenvalue weighted by molar-refractivity contribution is 9.10. The maximum absolute atomic E-state index is 4.30. The van der Waals surface area contributed by atoms with Crippen LogP contribution in [0.2, 0.25) is 0 Å². The monoisotopic (exact) mass is 222 g/mol. The second-order valence-corrected chi connectivity index (χ2v) is 3.44. The lowest BCUT2D eigenvalue weighted by molar-refractivity contribution is 1.09. The summed E-state index contributed by atoms with van der Waals surface area (Å²) in [5.74, 6) is 0.806. The molecule has 60 valence electrons. The number of halogens is 1. The van der Waals surface area contributed by atoms with E-state index in [2.05, 4.69) is 25.9 Å². The van der Waals surface area contributed by atoms with Crippen molar-refractivity contribution in [1.82, 2.24) is 9.97 Å². The van der Waals surface area contributed by atoms with Crippen molar-refractivity contribution in [2.45, 2.75) is 6.92 Å². The lowest BCUT2D eigenvalue weighted by Crippen LogP contribution is -1.87. The van der Waals surface area contributed by atoms with Crippen molar-refractivity contribution in [2.24, 2.45) is 0 Å². The molecule has 0 amide bonds. The summed E-state index contributed by atoms with van der Waals surface area (Å²) < 4.78 is 1.04. The Morgan fingerprint density at radius 2 is 2.17 bits per heavy atom. The number of hydrogen-bond donors (Lipinski definition) is 0. The van der Waals surface area contributed by atoms with Crippen LogP contribution in [-0.4, -0.2) is 9.97 Å². The highest BCUT2D eigenvalue weighted by Crippen LogP contribution is 2.20. The zero-order chi connectivity index (χ0) is 8.55. The largest absolute Gasteiger partial charge is 0.241 e. The zero-order valence-corrected chi connectivity index (χ0v) is 8.17. The minimum Gasteiger partial charge on any atom is -0.241 e. The Morgan fingerprint density at radius 3 is 3.00 bits per heavy atom. The van der Waals surface area contributed by atoms with Crippen LogP contribution in [0.5, 0.6) is 0 Å². The van der Waals surface area contributed by atoms with Crippen LogP contribution < -0.4 is 0 Å². The molecule has 0 saturated carbocycles. The van der Waals surface area contributed by atoms with E-state index in [9.17, 15) is 0 Å². The lowest BCUT2D eigenvalue weighted by Gasteiger charge is -1.98. The van der Waals surface area contributed by atoms with E-state index in [0.29, 0.717) is 0 Å². The lowest BCUT2D eigenvalue weighted by atomic mass is 10.2. The first-order valence-electron chi connectivity index (χ1n) is 3.65. The molecule has 0 unspecified atom stereocenters. The maximum atomic E-state index is 4.30. The molecule has 2 rings (SSSR count). The molecule has 2 aromatic rings. The quantitative estimate of drug-likeness (QED) is 0.686. The van der Waals surface area contributed by atoms with Crippen molar-refractivity contribution >= 4 is 26.8 Å². The van der Waals surface area contributed by atoms with Crippen molar-refractivity contribution in [1.29, 1.82) is 0 Å². The number of rotatable bonds is 0. The molecule has 0 saturated heterocycles. The molecule has 2 nitrogen and oxygen atoms in total. The number of benzene rings is 1. The molecule has 0 aliphatic carbocycles. The topological polar surface area (TPSA) is 25.8 Å². The van der Waals surface area contributed by atoms with Crippen LogP contribution in [0.4, 0.5) is 0 Å². The third-order valence-corrected chi connectivity index (χ3v) is 2.38. The van der Waals surface area contributed by atoms with Gasteiger partial charge in [-0.1, -0.05) is 22.0 Å². The molecule has 1 aromatic carbocycles. The fourth-order valence-corrected chi connectivity index (χ4v) is 1.57. The molecule has 0 aliphatic rings. The highest BCUT2D eigenvalue weighted by Gasteiger charge is 1.98. The Morgan fingerprint density at radius 1 is 1.33 bits per heavy atom. The fourth-order valence-electron chi connectivity index (χ4n) is 1.11. The molecular formula is C9H7BrN2. The molecule has 0 radical (unpaired) electrons. The van der Waals surface area contributed by atoms with E-state index in [1.165, 1.54) is 0 Å². The summed E-state index contributed by atoms with van der Waals surface area (Å²) in [6.45, 7) is 1.89. The van der Waals surface area contributed by atoms with Crippen molar-refractivity contribution in [2.75, 3.05) is 0 Å². The summed E-state index contributed by atoms with van der Waals surface area (Å²) in [4.78, 5) is 8.42. The number of aromatic nitrogens is 2. The predicted octanol–water partition coefficient (Wildman–Crippen LogP) is 2.70. The Balaban J connectivity index is 2.86. The summed E-state index contributed by atoms with van der Waals surface area (Å²) >= 11 is 3.44. The molecule has 0 spiro atoms. The van der Waals surface area contributed by atoms with Crippen molar-refractivity contribution in [3.05, 3.63) is 34.7 Å². The number of aryl methyl sites for hydroxylation is 1. The summed E-state index contributed by atoms with van der Waals surface area (Å²) in [6, 6.07) is 5.94. The van der Waals surface area contributed by atoms with Gasteiger partial charge in [0.1, 0.15) is 5.82 Å². The number of hydrogen-bond acceptors (Lipinski definition) is 2.